The van der Waals surface area contributed by atoms with Gasteiger partial charge in [-0.05, 0) is 81.0 Å². The molecule has 1 aliphatic carbocycles. The fourth-order valence-corrected chi connectivity index (χ4v) is 8.29. The number of piperidine rings is 1. The van der Waals surface area contributed by atoms with Crippen molar-refractivity contribution in [3.63, 3.8) is 0 Å². The van der Waals surface area contributed by atoms with Crippen LogP contribution in [0.25, 0.3) is 0 Å². The summed E-state index contributed by atoms with van der Waals surface area (Å²) in [5, 5.41) is 24.1. The first-order valence-corrected chi connectivity index (χ1v) is 19.9. The molecule has 2 fully saturated rings. The Morgan fingerprint density at radius 2 is 1.70 bits per heavy atom. The van der Waals surface area contributed by atoms with Gasteiger partial charge in [-0.15, -0.1) is 0 Å². The van der Waals surface area contributed by atoms with Gasteiger partial charge in [0.15, 0.2) is 0 Å². The molecule has 2 aromatic carbocycles. The third-order valence-corrected chi connectivity index (χ3v) is 11.6. The van der Waals surface area contributed by atoms with Crippen molar-refractivity contribution >= 4 is 64.1 Å². The summed E-state index contributed by atoms with van der Waals surface area (Å²) in [5.74, 6) is -4.26. The first-order valence-electron chi connectivity index (χ1n) is 19.5. The van der Waals surface area contributed by atoms with Gasteiger partial charge < -0.3 is 26.2 Å². The number of carbonyl (C=O) groups is 5. The van der Waals surface area contributed by atoms with E-state index in [4.69, 9.17) is 11.6 Å². The predicted octanol–water partition coefficient (Wildman–Crippen LogP) is 4.13. The highest BCUT2D eigenvalue weighted by Crippen LogP contribution is 2.33. The molecule has 19 heteroatoms. The zero-order chi connectivity index (χ0) is 42.1. The maximum atomic E-state index is 15.2. The number of carbonyl (C=O) groups excluding carboxylic acids is 5. The molecule has 0 bridgehead atoms. The minimum atomic E-state index is -1.14. The van der Waals surface area contributed by atoms with Crippen molar-refractivity contribution in [1.82, 2.24) is 35.8 Å². The Morgan fingerprint density at radius 1 is 0.933 bits per heavy atom. The number of fused-ring (bicyclic) bond motifs is 2. The van der Waals surface area contributed by atoms with Crippen LogP contribution in [0.15, 0.2) is 48.8 Å². The van der Waals surface area contributed by atoms with Crippen LogP contribution in [0.1, 0.15) is 86.4 Å². The minimum absolute atomic E-state index is 0.00194. The number of nitriles is 1. The van der Waals surface area contributed by atoms with Gasteiger partial charge in [0.25, 0.3) is 17.7 Å². The third-order valence-electron chi connectivity index (χ3n) is 11.2. The van der Waals surface area contributed by atoms with Crippen molar-refractivity contribution in [3.8, 4) is 6.07 Å². The van der Waals surface area contributed by atoms with Crippen LogP contribution in [-0.4, -0.2) is 87.1 Å². The van der Waals surface area contributed by atoms with Gasteiger partial charge in [-0.3, -0.25) is 34.2 Å². The van der Waals surface area contributed by atoms with Gasteiger partial charge in [0, 0.05) is 49.4 Å². The molecule has 1 atom stereocenters. The molecule has 2 aromatic heterocycles. The number of nitrogens with zero attached hydrogens (tertiary/aromatic N) is 6. The number of nitrogens with one attached hydrogen (secondary N) is 5. The van der Waals surface area contributed by atoms with E-state index in [9.17, 15) is 33.6 Å². The van der Waals surface area contributed by atoms with E-state index in [0.717, 1.165) is 40.8 Å². The lowest BCUT2D eigenvalue weighted by molar-refractivity contribution is -0.136. The Balaban J connectivity index is 0.786. The zero-order valence-electron chi connectivity index (χ0n) is 32.0. The molecule has 8 rings (SSSR count). The number of benzene rings is 2. The average Bonchev–Trinajstić information content (AvgIpc) is 3.47. The van der Waals surface area contributed by atoms with E-state index >= 15 is 4.39 Å². The van der Waals surface area contributed by atoms with E-state index in [2.05, 4.69) is 52.5 Å². The number of pyridine rings is 1. The molecule has 60 heavy (non-hydrogen) atoms. The van der Waals surface area contributed by atoms with Crippen LogP contribution in [0, 0.1) is 23.1 Å². The normalized spacial score (nSPS) is 19.9. The number of halogens is 3. The van der Waals surface area contributed by atoms with Crippen LogP contribution in [0.5, 0.6) is 0 Å². The first-order chi connectivity index (χ1) is 29.0. The van der Waals surface area contributed by atoms with Gasteiger partial charge in [-0.1, -0.05) is 11.6 Å². The number of imide groups is 2. The highest BCUT2D eigenvalue weighted by molar-refractivity contribution is 6.32. The fourth-order valence-electron chi connectivity index (χ4n) is 8.07. The van der Waals surface area contributed by atoms with E-state index in [1.54, 1.807) is 12.1 Å². The highest BCUT2D eigenvalue weighted by Gasteiger charge is 2.45. The summed E-state index contributed by atoms with van der Waals surface area (Å²) in [6.07, 6.45) is 4.76. The number of amides is 5. The lowest BCUT2D eigenvalue weighted by Crippen LogP contribution is -2.54. The number of rotatable bonds is 11. The third kappa shape index (κ3) is 8.18. The predicted molar refractivity (Wildman–Crippen MR) is 214 cm³/mol. The highest BCUT2D eigenvalue weighted by atomic mass is 35.5. The van der Waals surface area contributed by atoms with E-state index in [1.165, 1.54) is 24.5 Å². The van der Waals surface area contributed by atoms with Crippen LogP contribution in [0.3, 0.4) is 0 Å². The largest absolute Gasteiger partial charge is 0.381 e. The lowest BCUT2D eigenvalue weighted by Gasteiger charge is -2.31. The number of aromatic nitrogens is 3. The minimum Gasteiger partial charge on any atom is -0.381 e. The van der Waals surface area contributed by atoms with Gasteiger partial charge in [0.2, 0.25) is 17.8 Å². The van der Waals surface area contributed by atoms with Gasteiger partial charge >= 0.3 is 0 Å². The lowest BCUT2D eigenvalue weighted by atomic mass is 9.91. The summed E-state index contributed by atoms with van der Waals surface area (Å²) >= 11 is 6.25. The van der Waals surface area contributed by atoms with Gasteiger partial charge in [0.05, 0.1) is 45.2 Å². The second-order valence-corrected chi connectivity index (χ2v) is 15.4. The Morgan fingerprint density at radius 3 is 2.43 bits per heavy atom. The molecular weight excluding hydrogens is 800 g/mol. The Bertz CT molecular complexity index is 2470. The molecule has 3 aliphatic heterocycles. The molecule has 5 amide bonds. The number of anilines is 4. The monoisotopic (exact) mass is 837 g/mol. The summed E-state index contributed by atoms with van der Waals surface area (Å²) in [6, 6.07) is 11.3. The molecule has 1 saturated heterocycles. The van der Waals surface area contributed by atoms with Crippen LogP contribution in [0.2, 0.25) is 5.02 Å². The Hall–Kier alpha value is -6.58. The van der Waals surface area contributed by atoms with Gasteiger partial charge in [-0.2, -0.15) is 9.65 Å². The average molecular weight is 838 g/mol. The molecule has 5 N–H and O–H groups in total. The molecule has 0 spiro atoms. The molecule has 1 saturated carbocycles. The maximum absolute atomic E-state index is 15.2. The number of hydrogen-bond donors (Lipinski definition) is 5. The van der Waals surface area contributed by atoms with Crippen LogP contribution >= 0.6 is 11.6 Å². The van der Waals surface area contributed by atoms with E-state index in [0.29, 0.717) is 61.8 Å². The summed E-state index contributed by atoms with van der Waals surface area (Å²) < 4.78 is 30.2. The van der Waals surface area contributed by atoms with Gasteiger partial charge in [-0.25, -0.2) is 19.3 Å². The summed E-state index contributed by atoms with van der Waals surface area (Å²) in [7, 11) is 0. The van der Waals surface area contributed by atoms with E-state index in [-0.39, 0.29) is 53.1 Å². The van der Waals surface area contributed by atoms with Crippen molar-refractivity contribution in [2.24, 2.45) is 0 Å². The SMILES string of the molecule is N#Cc1ccc(N2CCc3c(ncnc3Nc3ccc(C(=O)N[C@H]4CC[C@H](NCCNc5cc6c(cc5F)C(=O)N(C5CCC(=O)NC5=O)C6=O)CC4)c(F)n3)C2)cc1Cl. The van der Waals surface area contributed by atoms with Crippen molar-refractivity contribution in [2.75, 3.05) is 35.2 Å². The van der Waals surface area contributed by atoms with Gasteiger partial charge in [0.1, 0.15) is 35.9 Å². The fraction of sp³-hybridized carbons (Fsp3) is 0.341. The smallest absolute Gasteiger partial charge is 0.262 e. The van der Waals surface area contributed by atoms with Crippen LogP contribution < -0.4 is 31.5 Å². The molecule has 16 nitrogen and oxygen atoms in total. The van der Waals surface area contributed by atoms with Crippen molar-refractivity contribution < 1.29 is 32.8 Å². The molecule has 1 unspecified atom stereocenters. The van der Waals surface area contributed by atoms with E-state index in [1.807, 2.05) is 6.07 Å². The second-order valence-electron chi connectivity index (χ2n) is 15.0. The van der Waals surface area contributed by atoms with E-state index < -0.39 is 47.3 Å². The Kier molecular flexibility index (Phi) is 11.4. The second kappa shape index (κ2) is 17.0. The zero-order valence-corrected chi connectivity index (χ0v) is 32.7. The van der Waals surface area contributed by atoms with Crippen LogP contribution in [0.4, 0.5) is 31.8 Å². The molecule has 0 radical (unpaired) electrons. The first kappa shape index (κ1) is 40.2. The maximum Gasteiger partial charge on any atom is 0.262 e. The van der Waals surface area contributed by atoms with Crippen molar-refractivity contribution in [2.45, 2.75) is 69.6 Å². The molecule has 308 valence electrons. The van der Waals surface area contributed by atoms with Crippen molar-refractivity contribution in [3.05, 3.63) is 99.1 Å². The molecule has 4 aromatic rings. The molecular formula is C41H38ClF2N11O5. The molecule has 5 heterocycles. The quantitative estimate of drug-likeness (QED) is 0.0818. The topological polar surface area (TPSA) is 214 Å². The summed E-state index contributed by atoms with van der Waals surface area (Å²) in [5.41, 5.74) is 2.61. The Labute approximate surface area is 347 Å². The molecule has 4 aliphatic rings. The summed E-state index contributed by atoms with van der Waals surface area (Å²) in [6.45, 7) is 1.87. The van der Waals surface area contributed by atoms with Crippen molar-refractivity contribution in [1.29, 1.82) is 5.26 Å². The number of hydrogen-bond acceptors (Lipinski definition) is 13. The standard InChI is InChI=1S/C41H38ClF2N11O5/c42-29-15-24(6-1-21(29)18-45)54-14-11-25-32(19-54)48-20-49-37(25)52-34-9-7-26(36(44)51-34)38(57)50-23-4-2-22(3-5-23)46-12-13-47-31-17-28-27(16-30(31)43)40(59)55(41(28)60)33-8-10-35(56)53-39(33)58/h1,6-7,9,15-17,20,22-23,33,46-47H,2-5,8,10-14,19H2,(H,50,57)(H,53,56,58)(H,48,49,51,52)/t22-,23-,33?. The van der Waals surface area contributed by atoms with Crippen LogP contribution in [-0.2, 0) is 22.6 Å². The summed E-state index contributed by atoms with van der Waals surface area (Å²) in [4.78, 5) is 78.7.